The molecule has 1 aliphatic heterocycles. The first kappa shape index (κ1) is 50.3. The molecule has 1 heterocycles. The molecule has 3 aliphatic carbocycles. The number of carbonyl (C=O) groups is 6. The van der Waals surface area contributed by atoms with Crippen LogP contribution in [0.2, 0.25) is 18.1 Å². The third-order valence-corrected chi connectivity index (χ3v) is 20.0. The first-order chi connectivity index (χ1) is 32.2. The molecule has 4 aliphatic rings. The van der Waals surface area contributed by atoms with Crippen LogP contribution in [-0.2, 0) is 53.8 Å². The summed E-state index contributed by atoms with van der Waals surface area (Å²) in [5.74, 6) is -6.63. The molecular weight excluding hydrogens is 896 g/mol. The number of aliphatic hydroxyl groups is 1. The van der Waals surface area contributed by atoms with Gasteiger partial charge in [0.25, 0.3) is 0 Å². The van der Waals surface area contributed by atoms with E-state index in [0.717, 1.165) is 6.07 Å². The van der Waals surface area contributed by atoms with Crippen LogP contribution in [0.25, 0.3) is 0 Å². The van der Waals surface area contributed by atoms with Crippen LogP contribution in [0.15, 0.2) is 96.1 Å². The van der Waals surface area contributed by atoms with Crippen LogP contribution >= 0.6 is 0 Å². The SMILES string of the molecule is CC[Si](CC)(CC)O[C@H]1C[C@H]2OC[C@@]2(OC(C)=O)[C@H]2[C@H](OC(=O)c3ccccc3)[C@]3(O)C[C@H](OC(=O)CC(=O)c4ccccc4F)C(C)=C([C@@H](OC(=O)OCc4ccccc4)C(=O)[C@]12C)C3(C)C. The largest absolute Gasteiger partial charge is 0.509 e. The van der Waals surface area contributed by atoms with Gasteiger partial charge < -0.3 is 38.0 Å². The number of hydrogen-bond donors (Lipinski definition) is 1. The Morgan fingerprint density at radius 1 is 0.853 bits per heavy atom. The number of rotatable bonds is 15. The summed E-state index contributed by atoms with van der Waals surface area (Å²) in [6.07, 6.45) is -9.65. The summed E-state index contributed by atoms with van der Waals surface area (Å²) < 4.78 is 59.2. The summed E-state index contributed by atoms with van der Waals surface area (Å²) in [6.45, 7) is 13.2. The monoisotopic (exact) mass is 956 g/mol. The Hall–Kier alpha value is -5.55. The second kappa shape index (κ2) is 19.4. The lowest BCUT2D eigenvalue weighted by molar-refractivity contribution is -0.344. The Morgan fingerprint density at radius 3 is 2.06 bits per heavy atom. The van der Waals surface area contributed by atoms with Crippen LogP contribution in [0, 0.1) is 22.6 Å². The number of hydrogen-bond acceptors (Lipinski definition) is 14. The van der Waals surface area contributed by atoms with Crippen LogP contribution < -0.4 is 0 Å². The van der Waals surface area contributed by atoms with Crippen molar-refractivity contribution in [2.75, 3.05) is 6.61 Å². The third kappa shape index (κ3) is 8.84. The summed E-state index contributed by atoms with van der Waals surface area (Å²) in [5.41, 5.74) is -7.10. The van der Waals surface area contributed by atoms with Crippen molar-refractivity contribution in [1.29, 1.82) is 0 Å². The molecule has 9 atom stereocenters. The van der Waals surface area contributed by atoms with Gasteiger partial charge in [0.2, 0.25) is 0 Å². The Kier molecular flexibility index (Phi) is 14.4. The first-order valence-electron chi connectivity index (χ1n) is 23.3. The maximum absolute atomic E-state index is 16.5. The molecule has 0 aromatic heterocycles. The molecule has 3 aromatic carbocycles. The van der Waals surface area contributed by atoms with Gasteiger partial charge in [-0.25, -0.2) is 14.0 Å². The molecule has 0 unspecified atom stereocenters. The number of ether oxygens (including phenoxy) is 6. The van der Waals surface area contributed by atoms with E-state index in [9.17, 15) is 33.5 Å². The van der Waals surface area contributed by atoms with Crippen molar-refractivity contribution < 1.29 is 71.1 Å². The zero-order valence-corrected chi connectivity index (χ0v) is 40.8. The molecule has 0 radical (unpaired) electrons. The number of carbonyl (C=O) groups excluding carboxylic acids is 6. The van der Waals surface area contributed by atoms with Gasteiger partial charge in [-0.2, -0.15) is 0 Å². The van der Waals surface area contributed by atoms with E-state index in [1.807, 2.05) is 20.8 Å². The highest BCUT2D eigenvalue weighted by atomic mass is 28.4. The molecule has 14 nitrogen and oxygen atoms in total. The molecule has 68 heavy (non-hydrogen) atoms. The standard InChI is InChI=1S/C52H61FO14Si/c1-9-68(10-2,11-3)67-39-27-40-51(30-62-40,66-32(5)54)44-46(65-47(58)34-22-16-13-17-23-34)52(60)28-38(63-41(56)26-37(55)35-24-18-19-25-36(35)53)31(4)42(49(52,6)7)43(45(57)50(39,44)8)64-48(59)61-29-33-20-14-12-15-21-33/h12-25,38-40,43-44,46,60H,9-11,26-30H2,1-8H3/t38-,39-,40+,43+,44-,46-,50+,51-,52+/m0/s1. The second-order valence-electron chi connectivity index (χ2n) is 19.2. The Morgan fingerprint density at radius 2 is 1.47 bits per heavy atom. The lowest BCUT2D eigenvalue weighted by Crippen LogP contribution is -2.82. The fraction of sp³-hybridized carbons (Fsp3) is 0.500. The molecule has 1 saturated heterocycles. The molecule has 364 valence electrons. The summed E-state index contributed by atoms with van der Waals surface area (Å²) in [7, 11) is -2.68. The van der Waals surface area contributed by atoms with Crippen molar-refractivity contribution in [2.24, 2.45) is 16.7 Å². The smallest absolute Gasteiger partial charge is 0.457 e. The highest BCUT2D eigenvalue weighted by Gasteiger charge is 2.79. The number of ketones is 2. The molecule has 0 amide bonds. The number of Topliss-reactive ketones (excluding diaryl/α,β-unsaturated/α-hetero) is 2. The van der Waals surface area contributed by atoms with E-state index in [1.165, 1.54) is 37.3 Å². The third-order valence-electron chi connectivity index (χ3n) is 15.4. The fourth-order valence-electron chi connectivity index (χ4n) is 11.3. The number of esters is 3. The van der Waals surface area contributed by atoms with E-state index < -0.39 is 121 Å². The molecule has 3 fully saturated rings. The number of fused-ring (bicyclic) bond motifs is 5. The molecule has 1 N–H and O–H groups in total. The van der Waals surface area contributed by atoms with Crippen molar-refractivity contribution in [1.82, 2.24) is 0 Å². The predicted molar refractivity (Wildman–Crippen MR) is 246 cm³/mol. The van der Waals surface area contributed by atoms with E-state index in [4.69, 9.17) is 32.8 Å². The van der Waals surface area contributed by atoms with Gasteiger partial charge >= 0.3 is 24.1 Å². The van der Waals surface area contributed by atoms with Crippen LogP contribution in [0.3, 0.4) is 0 Å². The Bertz CT molecular complexity index is 2450. The fourth-order valence-corrected chi connectivity index (χ4v) is 14.2. The Labute approximate surface area is 396 Å². The summed E-state index contributed by atoms with van der Waals surface area (Å²) >= 11 is 0. The highest BCUT2D eigenvalue weighted by Crippen LogP contribution is 2.65. The summed E-state index contributed by atoms with van der Waals surface area (Å²) in [5, 5.41) is 14.0. The van der Waals surface area contributed by atoms with Gasteiger partial charge in [-0.3, -0.25) is 19.2 Å². The molecule has 16 heteroatoms. The predicted octanol–water partition coefficient (Wildman–Crippen LogP) is 8.44. The van der Waals surface area contributed by atoms with E-state index in [-0.39, 0.29) is 41.9 Å². The minimum atomic E-state index is -2.68. The van der Waals surface area contributed by atoms with Gasteiger partial charge in [0.1, 0.15) is 42.8 Å². The van der Waals surface area contributed by atoms with Gasteiger partial charge in [0.05, 0.1) is 35.2 Å². The lowest BCUT2D eigenvalue weighted by Gasteiger charge is -2.68. The van der Waals surface area contributed by atoms with Crippen LogP contribution in [-0.4, -0.2) is 97.4 Å². The van der Waals surface area contributed by atoms with Gasteiger partial charge in [-0.05, 0) is 73.0 Å². The molecular formula is C52H61FO14Si. The quantitative estimate of drug-likeness (QED) is 0.0382. The van der Waals surface area contributed by atoms with Gasteiger partial charge in [-0.15, -0.1) is 0 Å². The topological polar surface area (TPSA) is 187 Å². The molecule has 3 aromatic rings. The minimum Gasteiger partial charge on any atom is -0.457 e. The summed E-state index contributed by atoms with van der Waals surface area (Å²) in [6, 6.07) is 24.0. The molecule has 2 saturated carbocycles. The molecule has 2 bridgehead atoms. The van der Waals surface area contributed by atoms with Gasteiger partial charge in [0.15, 0.2) is 31.6 Å². The maximum atomic E-state index is 16.5. The van der Waals surface area contributed by atoms with Crippen molar-refractivity contribution >= 4 is 43.9 Å². The Balaban J connectivity index is 1.47. The van der Waals surface area contributed by atoms with Gasteiger partial charge in [0, 0.05) is 25.2 Å². The first-order valence-corrected chi connectivity index (χ1v) is 25.8. The van der Waals surface area contributed by atoms with E-state index in [2.05, 4.69) is 0 Å². The van der Waals surface area contributed by atoms with Crippen molar-refractivity contribution in [3.05, 3.63) is 119 Å². The number of halogens is 1. The molecule has 0 spiro atoms. The highest BCUT2D eigenvalue weighted by molar-refractivity contribution is 6.73. The van der Waals surface area contributed by atoms with E-state index in [0.29, 0.717) is 23.7 Å². The lowest BCUT2D eigenvalue weighted by atomic mass is 9.44. The second-order valence-corrected chi connectivity index (χ2v) is 23.9. The van der Waals surface area contributed by atoms with Gasteiger partial charge in [-0.1, -0.05) is 95.3 Å². The zero-order chi connectivity index (χ0) is 49.4. The van der Waals surface area contributed by atoms with Crippen molar-refractivity contribution in [2.45, 2.75) is 141 Å². The van der Waals surface area contributed by atoms with E-state index in [1.54, 1.807) is 76.2 Å². The zero-order valence-electron chi connectivity index (χ0n) is 39.8. The average Bonchev–Trinajstić information content (AvgIpc) is 3.31. The average molecular weight is 957 g/mol. The summed E-state index contributed by atoms with van der Waals surface area (Å²) in [4.78, 5) is 85.9. The van der Waals surface area contributed by atoms with Crippen LogP contribution in [0.1, 0.15) is 101 Å². The van der Waals surface area contributed by atoms with Crippen molar-refractivity contribution in [3.63, 3.8) is 0 Å². The van der Waals surface area contributed by atoms with Crippen LogP contribution in [0.5, 0.6) is 0 Å². The van der Waals surface area contributed by atoms with Crippen molar-refractivity contribution in [3.8, 4) is 0 Å². The maximum Gasteiger partial charge on any atom is 0.509 e. The normalized spacial score (nSPS) is 29.4. The minimum absolute atomic E-state index is 0.0174. The van der Waals surface area contributed by atoms with E-state index >= 15 is 4.79 Å². The number of benzene rings is 3. The molecule has 7 rings (SSSR count). The van der Waals surface area contributed by atoms with Crippen LogP contribution in [0.4, 0.5) is 9.18 Å².